The van der Waals surface area contributed by atoms with Gasteiger partial charge in [-0.05, 0) is 78.4 Å². The summed E-state index contributed by atoms with van der Waals surface area (Å²) in [6, 6.07) is 30.2. The van der Waals surface area contributed by atoms with Crippen LogP contribution in [-0.4, -0.2) is 43.2 Å². The Labute approximate surface area is 265 Å². The molecule has 5 atom stereocenters. The summed E-state index contributed by atoms with van der Waals surface area (Å²) in [5, 5.41) is 14.9. The molecule has 4 aromatic rings. The van der Waals surface area contributed by atoms with E-state index in [2.05, 4.69) is 5.32 Å². The van der Waals surface area contributed by atoms with Gasteiger partial charge in [-0.3, -0.25) is 4.79 Å². The Kier molecular flexibility index (Phi) is 12.1. The minimum atomic E-state index is -0.872. The topological polar surface area (TPSA) is 97.1 Å². The first kappa shape index (κ1) is 33.6. The summed E-state index contributed by atoms with van der Waals surface area (Å²) in [5.74, 6) is -0.307. The molecular weight excluding hydrogens is 569 g/mol. The number of hydrogen-bond acceptors (Lipinski definition) is 6. The summed E-state index contributed by atoms with van der Waals surface area (Å²) in [6.07, 6.45) is -0.276. The number of rotatable bonds is 15. The molecule has 4 N–H and O–H groups in total. The van der Waals surface area contributed by atoms with Gasteiger partial charge in [0.2, 0.25) is 5.91 Å². The molecule has 0 heterocycles. The van der Waals surface area contributed by atoms with Gasteiger partial charge in [0.05, 0.1) is 37.3 Å². The fourth-order valence-electron chi connectivity index (χ4n) is 5.61. The van der Waals surface area contributed by atoms with Gasteiger partial charge in [0, 0.05) is 26.4 Å². The van der Waals surface area contributed by atoms with E-state index in [4.69, 9.17) is 15.2 Å². The van der Waals surface area contributed by atoms with E-state index in [0.717, 1.165) is 27.9 Å². The Hall–Kier alpha value is -4.24. The maximum Gasteiger partial charge on any atom is 0.228 e. The summed E-state index contributed by atoms with van der Waals surface area (Å²) < 4.78 is 24.9. The number of nitrogens with zero attached hydrogens (tertiary/aromatic N) is 1. The fraction of sp³-hybridized carbons (Fsp3) is 0.324. The van der Waals surface area contributed by atoms with Crippen LogP contribution in [0.3, 0.4) is 0 Å². The number of methoxy groups -OCH3 is 2. The first-order valence-corrected chi connectivity index (χ1v) is 15.2. The molecule has 1 amide bonds. The normalized spacial score (nSPS) is 14.6. The van der Waals surface area contributed by atoms with Crippen molar-refractivity contribution in [3.8, 4) is 5.75 Å². The second kappa shape index (κ2) is 16.2. The average Bonchev–Trinajstić information content (AvgIpc) is 3.09. The van der Waals surface area contributed by atoms with Crippen LogP contribution in [0.2, 0.25) is 0 Å². The number of nitrogens with one attached hydrogen (secondary N) is 1. The van der Waals surface area contributed by atoms with Crippen molar-refractivity contribution in [3.63, 3.8) is 0 Å². The number of benzene rings is 4. The lowest BCUT2D eigenvalue weighted by Crippen LogP contribution is -2.45. The van der Waals surface area contributed by atoms with Crippen molar-refractivity contribution in [1.82, 2.24) is 4.90 Å². The Morgan fingerprint density at radius 1 is 0.867 bits per heavy atom. The molecule has 4 rings (SSSR count). The highest BCUT2D eigenvalue weighted by Gasteiger charge is 2.35. The molecule has 7 nitrogen and oxygen atoms in total. The minimum absolute atomic E-state index is 0.127. The van der Waals surface area contributed by atoms with Gasteiger partial charge in [-0.15, -0.1) is 0 Å². The monoisotopic (exact) mass is 613 g/mol. The van der Waals surface area contributed by atoms with E-state index >= 15 is 0 Å². The van der Waals surface area contributed by atoms with Crippen molar-refractivity contribution in [2.45, 2.75) is 50.6 Å². The SMILES string of the molecule is COc1ccc(C(Nc2ccc(CN)cc2)[C@@H](CC[C@H](OC)c2ccc(F)cc2)C(=O)N(C)[C@@H](C)[C@@H](O)c2ccccc2)cc1. The van der Waals surface area contributed by atoms with Gasteiger partial charge >= 0.3 is 0 Å². The van der Waals surface area contributed by atoms with Gasteiger partial charge in [0.15, 0.2) is 0 Å². The molecule has 0 saturated carbocycles. The maximum absolute atomic E-state index is 14.6. The predicted octanol–water partition coefficient (Wildman–Crippen LogP) is 6.81. The van der Waals surface area contributed by atoms with E-state index in [-0.39, 0.29) is 17.8 Å². The van der Waals surface area contributed by atoms with Crippen LogP contribution < -0.4 is 15.8 Å². The molecule has 0 aliphatic heterocycles. The molecule has 0 bridgehead atoms. The highest BCUT2D eigenvalue weighted by molar-refractivity contribution is 5.80. The van der Waals surface area contributed by atoms with Crippen molar-refractivity contribution in [1.29, 1.82) is 0 Å². The summed E-state index contributed by atoms with van der Waals surface area (Å²) in [4.78, 5) is 16.2. The third-order valence-electron chi connectivity index (χ3n) is 8.53. The molecule has 4 aromatic carbocycles. The number of aliphatic hydroxyl groups is 1. The predicted molar refractivity (Wildman–Crippen MR) is 176 cm³/mol. The van der Waals surface area contributed by atoms with Gasteiger partial charge in [0.1, 0.15) is 11.6 Å². The summed E-state index contributed by atoms with van der Waals surface area (Å²) in [6.45, 7) is 2.28. The van der Waals surface area contributed by atoms with Crippen molar-refractivity contribution in [2.75, 3.05) is 26.6 Å². The molecule has 1 unspecified atom stereocenters. The lowest BCUT2D eigenvalue weighted by atomic mass is 9.85. The summed E-state index contributed by atoms with van der Waals surface area (Å²) in [7, 11) is 4.97. The van der Waals surface area contributed by atoms with Gasteiger partial charge in [-0.1, -0.05) is 66.7 Å². The number of amides is 1. The molecule has 0 saturated heterocycles. The molecule has 8 heteroatoms. The number of anilines is 1. The van der Waals surface area contributed by atoms with Crippen LogP contribution in [0.15, 0.2) is 103 Å². The minimum Gasteiger partial charge on any atom is -0.497 e. The van der Waals surface area contributed by atoms with E-state index in [1.54, 1.807) is 38.3 Å². The lowest BCUT2D eigenvalue weighted by molar-refractivity contribution is -0.139. The van der Waals surface area contributed by atoms with Gasteiger partial charge < -0.3 is 30.5 Å². The zero-order chi connectivity index (χ0) is 32.3. The molecule has 238 valence electrons. The molecule has 0 fully saturated rings. The van der Waals surface area contributed by atoms with Crippen LogP contribution in [-0.2, 0) is 16.1 Å². The van der Waals surface area contributed by atoms with E-state index < -0.39 is 24.1 Å². The standard InChI is InChI=1S/C37H44FN3O4/c1-25(36(42)29-8-6-5-7-9-29)41(2)37(43)33(22-23-34(45-4)27-12-16-30(38)17-13-27)35(28-14-20-32(44-3)21-15-28)40-31-18-10-26(24-39)11-19-31/h5-21,25,33-36,40,42H,22-24,39H2,1-4H3/t25-,33+,34-,35?,36+/m0/s1. The van der Waals surface area contributed by atoms with Gasteiger partial charge in [-0.2, -0.15) is 0 Å². The molecule has 0 aliphatic rings. The van der Waals surface area contributed by atoms with Crippen LogP contribution in [0.4, 0.5) is 10.1 Å². The fourth-order valence-corrected chi connectivity index (χ4v) is 5.61. The van der Waals surface area contributed by atoms with Crippen molar-refractivity contribution in [2.24, 2.45) is 11.7 Å². The number of carbonyl (C=O) groups excluding carboxylic acids is 1. The number of hydrogen-bond donors (Lipinski definition) is 3. The number of ether oxygens (including phenoxy) is 2. The Morgan fingerprint density at radius 2 is 1.49 bits per heavy atom. The Balaban J connectivity index is 1.72. The molecule has 45 heavy (non-hydrogen) atoms. The quantitative estimate of drug-likeness (QED) is 0.136. The number of halogens is 1. The van der Waals surface area contributed by atoms with Crippen LogP contribution in [0.5, 0.6) is 5.75 Å². The highest BCUT2D eigenvalue weighted by Crippen LogP contribution is 2.36. The smallest absolute Gasteiger partial charge is 0.228 e. The second-order valence-corrected chi connectivity index (χ2v) is 11.3. The molecule has 0 radical (unpaired) electrons. The van der Waals surface area contributed by atoms with Crippen LogP contribution >= 0.6 is 0 Å². The molecular formula is C37H44FN3O4. The third-order valence-corrected chi connectivity index (χ3v) is 8.53. The Morgan fingerprint density at radius 3 is 2.07 bits per heavy atom. The maximum atomic E-state index is 14.6. The van der Waals surface area contributed by atoms with E-state index in [0.29, 0.717) is 25.1 Å². The van der Waals surface area contributed by atoms with Crippen molar-refractivity contribution < 1.29 is 23.8 Å². The zero-order valence-corrected chi connectivity index (χ0v) is 26.4. The Bertz CT molecular complexity index is 1470. The number of nitrogens with two attached hydrogens (primary N) is 1. The first-order valence-electron chi connectivity index (χ1n) is 15.2. The summed E-state index contributed by atoms with van der Waals surface area (Å²) in [5.41, 5.74) is 10.1. The largest absolute Gasteiger partial charge is 0.497 e. The summed E-state index contributed by atoms with van der Waals surface area (Å²) >= 11 is 0. The number of aliphatic hydroxyl groups excluding tert-OH is 1. The highest BCUT2D eigenvalue weighted by atomic mass is 19.1. The van der Waals surface area contributed by atoms with Gasteiger partial charge in [-0.25, -0.2) is 4.39 Å². The van der Waals surface area contributed by atoms with Crippen molar-refractivity contribution >= 4 is 11.6 Å². The van der Waals surface area contributed by atoms with E-state index in [1.807, 2.05) is 85.8 Å². The first-order chi connectivity index (χ1) is 21.7. The van der Waals surface area contributed by atoms with Crippen LogP contribution in [0.25, 0.3) is 0 Å². The van der Waals surface area contributed by atoms with Crippen LogP contribution in [0, 0.1) is 11.7 Å². The van der Waals surface area contributed by atoms with Gasteiger partial charge in [0.25, 0.3) is 0 Å². The van der Waals surface area contributed by atoms with Crippen molar-refractivity contribution in [3.05, 3.63) is 131 Å². The molecule has 0 aliphatic carbocycles. The van der Waals surface area contributed by atoms with E-state index in [9.17, 15) is 14.3 Å². The number of likely N-dealkylation sites (N-methyl/N-ethyl adjacent to an activating group) is 1. The third kappa shape index (κ3) is 8.69. The average molecular weight is 614 g/mol. The zero-order valence-electron chi connectivity index (χ0n) is 26.4. The second-order valence-electron chi connectivity index (χ2n) is 11.3. The van der Waals surface area contributed by atoms with E-state index in [1.165, 1.54) is 12.1 Å². The molecule has 0 aromatic heterocycles. The molecule has 0 spiro atoms. The van der Waals surface area contributed by atoms with Crippen LogP contribution in [0.1, 0.15) is 60.3 Å². The lowest BCUT2D eigenvalue weighted by Gasteiger charge is -2.36. The number of carbonyl (C=O) groups is 1.